The summed E-state index contributed by atoms with van der Waals surface area (Å²) >= 11 is 0. The molecular weight excluding hydrogens is 412 g/mol. The van der Waals surface area contributed by atoms with Crippen LogP contribution in [0.1, 0.15) is 38.1 Å². The van der Waals surface area contributed by atoms with Crippen LogP contribution < -0.4 is 10.1 Å². The number of fused-ring (bicyclic) bond motifs is 1. The second-order valence-corrected chi connectivity index (χ2v) is 9.33. The third-order valence-electron chi connectivity index (χ3n) is 4.94. The normalized spacial score (nSPS) is 11.8. The van der Waals surface area contributed by atoms with Gasteiger partial charge >= 0.3 is 0 Å². The lowest BCUT2D eigenvalue weighted by Crippen LogP contribution is -2.30. The van der Waals surface area contributed by atoms with Gasteiger partial charge in [-0.3, -0.25) is 4.79 Å². The molecule has 0 saturated heterocycles. The minimum Gasteiger partial charge on any atom is -0.489 e. The van der Waals surface area contributed by atoms with Crippen molar-refractivity contribution in [2.45, 2.75) is 38.7 Å². The highest BCUT2D eigenvalue weighted by Crippen LogP contribution is 2.31. The molecule has 1 amide bonds. The molecular formula is C24H28N2O4S. The first-order valence-corrected chi connectivity index (χ1v) is 11.8. The number of carbonyl (C=O) groups is 1. The van der Waals surface area contributed by atoms with E-state index in [1.54, 1.807) is 26.0 Å². The molecule has 0 atom stereocenters. The molecule has 0 bridgehead atoms. The summed E-state index contributed by atoms with van der Waals surface area (Å²) in [4.78, 5) is 13.3. The molecule has 0 aliphatic heterocycles. The zero-order chi connectivity index (χ0) is 22.6. The topological polar surface area (TPSA) is 75.7 Å². The van der Waals surface area contributed by atoms with Crippen LogP contribution in [0, 0.1) is 0 Å². The average molecular weight is 441 g/mol. The molecule has 164 valence electrons. The highest BCUT2D eigenvalue weighted by Gasteiger charge is 2.24. The molecule has 3 rings (SSSR count). The van der Waals surface area contributed by atoms with Crippen LogP contribution in [0.2, 0.25) is 0 Å². The van der Waals surface area contributed by atoms with Crippen LogP contribution in [-0.2, 0) is 10.0 Å². The first kappa shape index (κ1) is 22.8. The standard InChI is InChI=1S/C24H28N2O4S/c1-5-26(6-2)31(28,29)19-14-15-23(30-17(3)4)22(16-19)25-24(27)21-13-9-11-18-10-7-8-12-20(18)21/h7-17H,5-6H2,1-4H3,(H,25,27). The number of benzene rings is 3. The number of hydrogen-bond acceptors (Lipinski definition) is 4. The molecule has 6 nitrogen and oxygen atoms in total. The average Bonchev–Trinajstić information content (AvgIpc) is 2.74. The summed E-state index contributed by atoms with van der Waals surface area (Å²) in [6, 6.07) is 17.7. The van der Waals surface area contributed by atoms with E-state index in [2.05, 4.69) is 5.32 Å². The first-order chi connectivity index (χ1) is 14.8. The maximum Gasteiger partial charge on any atom is 0.256 e. The van der Waals surface area contributed by atoms with Crippen LogP contribution >= 0.6 is 0 Å². The van der Waals surface area contributed by atoms with Gasteiger partial charge in [-0.15, -0.1) is 0 Å². The minimum atomic E-state index is -3.68. The van der Waals surface area contributed by atoms with Crippen molar-refractivity contribution in [3.8, 4) is 5.75 Å². The van der Waals surface area contributed by atoms with Crippen molar-refractivity contribution in [1.82, 2.24) is 4.31 Å². The molecule has 0 saturated carbocycles. The van der Waals surface area contributed by atoms with Crippen LogP contribution in [0.3, 0.4) is 0 Å². The van der Waals surface area contributed by atoms with Crippen LogP contribution in [0.5, 0.6) is 5.75 Å². The molecule has 0 radical (unpaired) electrons. The monoisotopic (exact) mass is 440 g/mol. The second kappa shape index (κ2) is 9.49. The summed E-state index contributed by atoms with van der Waals surface area (Å²) in [6.45, 7) is 8.05. The Kier molecular flexibility index (Phi) is 6.97. The van der Waals surface area contributed by atoms with Crippen molar-refractivity contribution in [1.29, 1.82) is 0 Å². The predicted molar refractivity (Wildman–Crippen MR) is 124 cm³/mol. The Morgan fingerprint density at radius 1 is 1.00 bits per heavy atom. The lowest BCUT2D eigenvalue weighted by atomic mass is 10.0. The summed E-state index contributed by atoms with van der Waals surface area (Å²) < 4.78 is 33.2. The number of nitrogens with one attached hydrogen (secondary N) is 1. The predicted octanol–water partition coefficient (Wildman–Crippen LogP) is 4.91. The second-order valence-electron chi connectivity index (χ2n) is 7.39. The van der Waals surface area contributed by atoms with Crippen molar-refractivity contribution in [3.05, 3.63) is 66.2 Å². The van der Waals surface area contributed by atoms with E-state index >= 15 is 0 Å². The fourth-order valence-corrected chi connectivity index (χ4v) is 4.93. The van der Waals surface area contributed by atoms with Crippen LogP contribution in [0.4, 0.5) is 5.69 Å². The van der Waals surface area contributed by atoms with E-state index in [1.165, 1.54) is 16.4 Å². The first-order valence-electron chi connectivity index (χ1n) is 10.4. The molecule has 1 N–H and O–H groups in total. The maximum absolute atomic E-state index is 13.1. The number of amides is 1. The zero-order valence-electron chi connectivity index (χ0n) is 18.3. The van der Waals surface area contributed by atoms with E-state index in [4.69, 9.17) is 4.74 Å². The van der Waals surface area contributed by atoms with E-state index in [-0.39, 0.29) is 16.9 Å². The number of carbonyl (C=O) groups excluding carboxylic acids is 1. The summed E-state index contributed by atoms with van der Waals surface area (Å²) in [5.74, 6) is 0.0878. The largest absolute Gasteiger partial charge is 0.489 e. The summed E-state index contributed by atoms with van der Waals surface area (Å²) in [6.07, 6.45) is -0.140. The molecule has 0 fully saturated rings. The summed E-state index contributed by atoms with van der Waals surface area (Å²) in [5.41, 5.74) is 0.825. The van der Waals surface area contributed by atoms with Gasteiger partial charge in [-0.2, -0.15) is 4.31 Å². The fourth-order valence-electron chi connectivity index (χ4n) is 3.45. The number of ether oxygens (including phenoxy) is 1. The van der Waals surface area contributed by atoms with Crippen molar-refractivity contribution in [3.63, 3.8) is 0 Å². The van der Waals surface area contributed by atoms with Gasteiger partial charge in [-0.05, 0) is 48.9 Å². The Morgan fingerprint density at radius 2 is 1.68 bits per heavy atom. The third kappa shape index (κ3) is 4.89. The van der Waals surface area contributed by atoms with E-state index in [0.717, 1.165) is 10.8 Å². The number of nitrogens with zero attached hydrogens (tertiary/aromatic N) is 1. The molecule has 0 aromatic heterocycles. The SMILES string of the molecule is CCN(CC)S(=O)(=O)c1ccc(OC(C)C)c(NC(=O)c2cccc3ccccc23)c1. The molecule has 0 unspecified atom stereocenters. The Balaban J connectivity index is 2.04. The molecule has 0 heterocycles. The Morgan fingerprint density at radius 3 is 2.35 bits per heavy atom. The van der Waals surface area contributed by atoms with Crippen molar-refractivity contribution >= 4 is 32.4 Å². The number of rotatable bonds is 8. The number of anilines is 1. The van der Waals surface area contributed by atoms with E-state index in [1.807, 2.05) is 50.2 Å². The highest BCUT2D eigenvalue weighted by molar-refractivity contribution is 7.89. The Hall–Kier alpha value is -2.90. The number of sulfonamides is 1. The van der Waals surface area contributed by atoms with Gasteiger partial charge in [0, 0.05) is 18.7 Å². The molecule has 7 heteroatoms. The van der Waals surface area contributed by atoms with Gasteiger partial charge < -0.3 is 10.1 Å². The third-order valence-corrected chi connectivity index (χ3v) is 6.99. The van der Waals surface area contributed by atoms with Gasteiger partial charge in [0.2, 0.25) is 10.0 Å². The van der Waals surface area contributed by atoms with E-state index in [0.29, 0.717) is 30.1 Å². The van der Waals surface area contributed by atoms with Gasteiger partial charge in [0.05, 0.1) is 16.7 Å². The van der Waals surface area contributed by atoms with Crippen molar-refractivity contribution in [2.24, 2.45) is 0 Å². The molecule has 3 aromatic carbocycles. The zero-order valence-corrected chi connectivity index (χ0v) is 19.1. The maximum atomic E-state index is 13.1. The highest BCUT2D eigenvalue weighted by atomic mass is 32.2. The molecule has 0 spiro atoms. The quantitative estimate of drug-likeness (QED) is 0.540. The lowest BCUT2D eigenvalue weighted by molar-refractivity contribution is 0.102. The number of hydrogen-bond donors (Lipinski definition) is 1. The van der Waals surface area contributed by atoms with Gasteiger partial charge in [-0.1, -0.05) is 50.2 Å². The summed E-state index contributed by atoms with van der Waals surface area (Å²) in [5, 5.41) is 4.64. The molecule has 0 aliphatic rings. The fraction of sp³-hybridized carbons (Fsp3) is 0.292. The Bertz CT molecular complexity index is 1180. The van der Waals surface area contributed by atoms with Crippen LogP contribution in [-0.4, -0.2) is 37.8 Å². The van der Waals surface area contributed by atoms with Gasteiger partial charge in [-0.25, -0.2) is 8.42 Å². The van der Waals surface area contributed by atoms with Crippen molar-refractivity contribution < 1.29 is 17.9 Å². The van der Waals surface area contributed by atoms with Crippen LogP contribution in [0.25, 0.3) is 10.8 Å². The molecule has 0 aliphatic carbocycles. The smallest absolute Gasteiger partial charge is 0.256 e. The molecule has 3 aromatic rings. The minimum absolute atomic E-state index is 0.112. The van der Waals surface area contributed by atoms with Crippen molar-refractivity contribution in [2.75, 3.05) is 18.4 Å². The van der Waals surface area contributed by atoms with E-state index < -0.39 is 10.0 Å². The van der Waals surface area contributed by atoms with Crippen LogP contribution in [0.15, 0.2) is 65.6 Å². The molecule has 31 heavy (non-hydrogen) atoms. The lowest BCUT2D eigenvalue weighted by Gasteiger charge is -2.21. The van der Waals surface area contributed by atoms with E-state index in [9.17, 15) is 13.2 Å². The van der Waals surface area contributed by atoms with Gasteiger partial charge in [0.1, 0.15) is 5.75 Å². The summed E-state index contributed by atoms with van der Waals surface area (Å²) in [7, 11) is -3.68. The van der Waals surface area contributed by atoms with Gasteiger partial charge in [0.25, 0.3) is 5.91 Å². The van der Waals surface area contributed by atoms with Gasteiger partial charge in [0.15, 0.2) is 0 Å². The Labute approximate surface area is 183 Å².